The number of benzene rings is 2. The van der Waals surface area contributed by atoms with Gasteiger partial charge < -0.3 is 14.5 Å². The molecule has 0 aliphatic carbocycles. The number of amides is 1. The summed E-state index contributed by atoms with van der Waals surface area (Å²) in [5.41, 5.74) is 3.63. The van der Waals surface area contributed by atoms with Crippen molar-refractivity contribution >= 4 is 17.6 Å². The van der Waals surface area contributed by atoms with Crippen LogP contribution in [0, 0.1) is 13.8 Å². The summed E-state index contributed by atoms with van der Waals surface area (Å²) in [6.45, 7) is 7.58. The van der Waals surface area contributed by atoms with Gasteiger partial charge in [0.15, 0.2) is 0 Å². The SMILES string of the molecule is COc1ccccc1C(=O)NC(=Nc1ccc(C)cc1C)N1CCN(C)CC1. The lowest BCUT2D eigenvalue weighted by Crippen LogP contribution is -2.52. The Balaban J connectivity index is 1.92. The summed E-state index contributed by atoms with van der Waals surface area (Å²) in [6, 6.07) is 13.3. The fourth-order valence-corrected chi connectivity index (χ4v) is 3.24. The molecule has 1 aliphatic heterocycles. The van der Waals surface area contributed by atoms with Crippen molar-refractivity contribution in [3.05, 3.63) is 59.2 Å². The summed E-state index contributed by atoms with van der Waals surface area (Å²) < 4.78 is 5.34. The van der Waals surface area contributed by atoms with Crippen LogP contribution in [-0.4, -0.2) is 62.0 Å². The number of hydrogen-bond acceptors (Lipinski definition) is 4. The number of guanidine groups is 1. The molecule has 0 unspecified atom stereocenters. The van der Waals surface area contributed by atoms with E-state index < -0.39 is 0 Å². The second-order valence-electron chi connectivity index (χ2n) is 7.17. The first-order chi connectivity index (χ1) is 13.5. The van der Waals surface area contributed by atoms with Gasteiger partial charge in [-0.25, -0.2) is 4.99 Å². The van der Waals surface area contributed by atoms with Gasteiger partial charge in [0.05, 0.1) is 18.4 Å². The van der Waals surface area contributed by atoms with E-state index in [1.165, 1.54) is 5.56 Å². The lowest BCUT2D eigenvalue weighted by atomic mass is 10.1. The third kappa shape index (κ3) is 4.70. The molecule has 1 N–H and O–H groups in total. The van der Waals surface area contributed by atoms with Gasteiger partial charge in [0.2, 0.25) is 5.96 Å². The number of nitrogens with zero attached hydrogens (tertiary/aromatic N) is 3. The van der Waals surface area contributed by atoms with Crippen molar-refractivity contribution in [1.82, 2.24) is 15.1 Å². The summed E-state index contributed by atoms with van der Waals surface area (Å²) in [5, 5.41) is 3.02. The molecule has 6 nitrogen and oxygen atoms in total. The summed E-state index contributed by atoms with van der Waals surface area (Å²) in [6.07, 6.45) is 0. The topological polar surface area (TPSA) is 57.2 Å². The third-order valence-electron chi connectivity index (χ3n) is 4.96. The number of rotatable bonds is 3. The molecule has 2 aromatic carbocycles. The average Bonchev–Trinajstić information content (AvgIpc) is 2.70. The zero-order chi connectivity index (χ0) is 20.1. The molecule has 1 fully saturated rings. The summed E-state index contributed by atoms with van der Waals surface area (Å²) in [7, 11) is 3.67. The molecular formula is C22H28N4O2. The quantitative estimate of drug-likeness (QED) is 0.657. The smallest absolute Gasteiger partial charge is 0.261 e. The van der Waals surface area contributed by atoms with Crippen molar-refractivity contribution in [3.8, 4) is 5.75 Å². The Labute approximate surface area is 166 Å². The maximum absolute atomic E-state index is 13.0. The molecule has 148 valence electrons. The van der Waals surface area contributed by atoms with Gasteiger partial charge in [-0.05, 0) is 44.7 Å². The van der Waals surface area contributed by atoms with E-state index in [0.717, 1.165) is 37.4 Å². The van der Waals surface area contributed by atoms with Crippen LogP contribution >= 0.6 is 0 Å². The largest absolute Gasteiger partial charge is 0.496 e. The number of aryl methyl sites for hydroxylation is 2. The molecule has 3 rings (SSSR count). The Bertz CT molecular complexity index is 871. The summed E-state index contributed by atoms with van der Waals surface area (Å²) in [4.78, 5) is 22.2. The molecule has 0 saturated carbocycles. The van der Waals surface area contributed by atoms with Crippen LogP contribution in [-0.2, 0) is 0 Å². The normalized spacial score (nSPS) is 15.4. The van der Waals surface area contributed by atoms with Gasteiger partial charge >= 0.3 is 0 Å². The van der Waals surface area contributed by atoms with Gasteiger partial charge in [0.25, 0.3) is 5.91 Å². The maximum Gasteiger partial charge on any atom is 0.261 e. The number of carbonyl (C=O) groups excluding carboxylic acids is 1. The lowest BCUT2D eigenvalue weighted by molar-refractivity contribution is 0.0966. The van der Waals surface area contributed by atoms with Crippen molar-refractivity contribution in [2.75, 3.05) is 40.3 Å². The van der Waals surface area contributed by atoms with Crippen molar-refractivity contribution in [2.45, 2.75) is 13.8 Å². The van der Waals surface area contributed by atoms with E-state index >= 15 is 0 Å². The Morgan fingerprint density at radius 2 is 1.79 bits per heavy atom. The summed E-state index contributed by atoms with van der Waals surface area (Å²) in [5.74, 6) is 0.903. The van der Waals surface area contributed by atoms with Crippen molar-refractivity contribution in [1.29, 1.82) is 0 Å². The molecule has 6 heteroatoms. The van der Waals surface area contributed by atoms with E-state index in [1.54, 1.807) is 19.2 Å². The fourth-order valence-electron chi connectivity index (χ4n) is 3.24. The Morgan fingerprint density at radius 1 is 1.07 bits per heavy atom. The van der Waals surface area contributed by atoms with E-state index in [0.29, 0.717) is 17.3 Å². The predicted octanol–water partition coefficient (Wildman–Crippen LogP) is 2.98. The van der Waals surface area contributed by atoms with Gasteiger partial charge in [0.1, 0.15) is 5.75 Å². The highest BCUT2D eigenvalue weighted by Crippen LogP contribution is 2.21. The van der Waals surface area contributed by atoms with Gasteiger partial charge in [-0.2, -0.15) is 0 Å². The predicted molar refractivity (Wildman–Crippen MR) is 113 cm³/mol. The van der Waals surface area contributed by atoms with Crippen LogP contribution in [0.25, 0.3) is 0 Å². The van der Waals surface area contributed by atoms with E-state index in [1.807, 2.05) is 31.2 Å². The highest BCUT2D eigenvalue weighted by Gasteiger charge is 2.21. The van der Waals surface area contributed by atoms with Crippen LogP contribution in [0.4, 0.5) is 5.69 Å². The zero-order valence-corrected chi connectivity index (χ0v) is 17.0. The van der Waals surface area contributed by atoms with E-state index in [9.17, 15) is 4.79 Å². The minimum atomic E-state index is -0.222. The number of methoxy groups -OCH3 is 1. The van der Waals surface area contributed by atoms with Crippen molar-refractivity contribution in [3.63, 3.8) is 0 Å². The lowest BCUT2D eigenvalue weighted by Gasteiger charge is -2.34. The number of ether oxygens (including phenoxy) is 1. The molecule has 0 spiro atoms. The van der Waals surface area contributed by atoms with E-state index in [2.05, 4.69) is 35.2 Å². The van der Waals surface area contributed by atoms with E-state index in [-0.39, 0.29) is 5.91 Å². The maximum atomic E-state index is 13.0. The number of para-hydroxylation sites is 1. The van der Waals surface area contributed by atoms with Gasteiger partial charge in [-0.15, -0.1) is 0 Å². The molecule has 0 aromatic heterocycles. The van der Waals surface area contributed by atoms with Crippen LogP contribution in [0.3, 0.4) is 0 Å². The molecule has 1 amide bonds. The number of nitrogens with one attached hydrogen (secondary N) is 1. The number of piperazine rings is 1. The first-order valence-corrected chi connectivity index (χ1v) is 9.51. The van der Waals surface area contributed by atoms with Crippen LogP contribution in [0.15, 0.2) is 47.5 Å². The van der Waals surface area contributed by atoms with Crippen LogP contribution in [0.2, 0.25) is 0 Å². The van der Waals surface area contributed by atoms with Crippen LogP contribution in [0.1, 0.15) is 21.5 Å². The molecule has 2 aromatic rings. The minimum Gasteiger partial charge on any atom is -0.496 e. The molecule has 0 atom stereocenters. The minimum absolute atomic E-state index is 0.222. The molecular weight excluding hydrogens is 352 g/mol. The fraction of sp³-hybridized carbons (Fsp3) is 0.364. The van der Waals surface area contributed by atoms with Gasteiger partial charge in [-0.1, -0.05) is 29.8 Å². The molecule has 28 heavy (non-hydrogen) atoms. The standard InChI is InChI=1S/C22H28N4O2/c1-16-9-10-19(17(2)15-16)23-22(26-13-11-25(3)12-14-26)24-21(27)18-7-5-6-8-20(18)28-4/h5-10,15H,11-14H2,1-4H3,(H,23,24,27). The molecule has 0 bridgehead atoms. The van der Waals surface area contributed by atoms with Crippen molar-refractivity contribution in [2.24, 2.45) is 4.99 Å². The molecule has 1 aliphatic rings. The first kappa shape index (κ1) is 19.9. The second kappa shape index (κ2) is 8.89. The van der Waals surface area contributed by atoms with E-state index in [4.69, 9.17) is 9.73 Å². The van der Waals surface area contributed by atoms with Crippen LogP contribution in [0.5, 0.6) is 5.75 Å². The highest BCUT2D eigenvalue weighted by molar-refractivity contribution is 6.07. The Kier molecular flexibility index (Phi) is 6.31. The Hall–Kier alpha value is -2.86. The Morgan fingerprint density at radius 3 is 2.46 bits per heavy atom. The third-order valence-corrected chi connectivity index (χ3v) is 4.96. The molecule has 0 radical (unpaired) electrons. The monoisotopic (exact) mass is 380 g/mol. The van der Waals surface area contributed by atoms with Crippen molar-refractivity contribution < 1.29 is 9.53 Å². The molecule has 1 heterocycles. The number of likely N-dealkylation sites (N-methyl/N-ethyl adjacent to an activating group) is 1. The first-order valence-electron chi connectivity index (χ1n) is 9.51. The highest BCUT2D eigenvalue weighted by atomic mass is 16.5. The zero-order valence-electron chi connectivity index (χ0n) is 17.0. The summed E-state index contributed by atoms with van der Waals surface area (Å²) >= 11 is 0. The average molecular weight is 380 g/mol. The molecule has 1 saturated heterocycles. The van der Waals surface area contributed by atoms with Gasteiger partial charge in [-0.3, -0.25) is 10.1 Å². The number of carbonyl (C=O) groups is 1. The second-order valence-corrected chi connectivity index (χ2v) is 7.17. The van der Waals surface area contributed by atoms with Gasteiger partial charge in [0, 0.05) is 26.2 Å². The number of aliphatic imine (C=N–C) groups is 1. The number of hydrogen-bond donors (Lipinski definition) is 1. The van der Waals surface area contributed by atoms with Crippen LogP contribution < -0.4 is 10.1 Å².